The van der Waals surface area contributed by atoms with Crippen LogP contribution in [-0.4, -0.2) is 224 Å². The van der Waals surface area contributed by atoms with Crippen molar-refractivity contribution in [1.29, 1.82) is 0 Å². The summed E-state index contributed by atoms with van der Waals surface area (Å²) in [6.45, 7) is 161. The van der Waals surface area contributed by atoms with Gasteiger partial charge in [0, 0.05) is 119 Å². The molecular weight excluding hydrogens is 2450 g/mol. The lowest BCUT2D eigenvalue weighted by Crippen LogP contribution is -2.80. The molecule has 8 nitrogen and oxygen atoms in total. The molecule has 0 unspecified atom stereocenters. The highest BCUT2D eigenvalue weighted by atomic mass is 79.9. The molecule has 5 aromatic rings. The van der Waals surface area contributed by atoms with Gasteiger partial charge in [-0.1, -0.05) is 483 Å². The Kier molecular flexibility index (Phi) is 81.6. The fraction of sp³-hybridized carbons (Fsp3) is 0.509. The second kappa shape index (κ2) is 74.2. The van der Waals surface area contributed by atoms with E-state index in [9.17, 15) is 0 Å². The van der Waals surface area contributed by atoms with E-state index in [1.54, 1.807) is 66.5 Å². The van der Waals surface area contributed by atoms with Gasteiger partial charge in [-0.15, -0.1) is 77.2 Å². The molecule has 0 aliphatic rings. The van der Waals surface area contributed by atoms with E-state index in [1.165, 1.54) is 15.5 Å². The molecule has 40 heteroatoms. The topological polar surface area (TPSA) is 80.3 Å². The number of pyridine rings is 1. The van der Waals surface area contributed by atoms with Crippen LogP contribution in [0, 0.1) is 0 Å². The molecule has 0 spiro atoms. The molecular formula is C108H226Br2Cl4N2O6Si26. The number of allylic oxidation sites excluding steroid dienone is 3. The maximum atomic E-state index is 5.97. The molecule has 148 heavy (non-hydrogen) atoms. The fourth-order valence-corrected chi connectivity index (χ4v) is 257. The summed E-state index contributed by atoms with van der Waals surface area (Å²) in [5.74, 6) is 1.79. The minimum Gasteiger partial charge on any atom is -0.545 e. The Bertz CT molecular complexity index is 4270. The number of hydrogen-bond acceptors (Lipinski definition) is 8. The van der Waals surface area contributed by atoms with Gasteiger partial charge >= 0.3 is 0 Å². The quantitative estimate of drug-likeness (QED) is 0.0180. The first-order valence-electron chi connectivity index (χ1n) is 52.7. The second-order valence-corrected chi connectivity index (χ2v) is 242. The SMILES string of the molecule is C=C(Br)C[Si](C)(C)C.C=C(Br)[Si](C)(C)C.C=C(C=COC)O[Si](C)(C)C.C=C(OC)O[Si](C)(C)C.C=CC(=C)O[Si](C)(C)C.C=C[Si](C)(C)N[Si](C)(C)C=C.C=C[Si](C)(C)O[Si](C)(C)C=C.C=C[Si](C)(C)c1ccccn1.C[SiH2]C[Si]([SiH](C)C)([SiH](C)C)[SiH](C)C.C[SiH]([Si](C)(C)C)[Si](C)(C)C.C[Si](C)(C)[Si](C)([Si](C)(C)C)[Si](C)(C)C.C[Si](Cl)(Cl)[Si](C)(Cl)Cl.c1ccc([SiH](c2ccccc2)[SiH](c2ccccc2)c2ccccc2)cc1. The van der Waals surface area contributed by atoms with Gasteiger partial charge in [-0.25, -0.2) is 0 Å². The predicted octanol–water partition coefficient (Wildman–Crippen LogP) is 33.6. The van der Waals surface area contributed by atoms with Crippen molar-refractivity contribution in [1.82, 2.24) is 9.63 Å². The molecule has 0 atom stereocenters. The number of methoxy groups -OCH3 is 2. The molecule has 0 bridgehead atoms. The molecule has 0 radical (unpaired) electrons. The number of benzene rings is 4. The van der Waals surface area contributed by atoms with Crippen molar-refractivity contribution in [3.8, 4) is 0 Å². The summed E-state index contributed by atoms with van der Waals surface area (Å²) in [4.78, 5) is 4.31. The summed E-state index contributed by atoms with van der Waals surface area (Å²) in [7, 11) is -17.9. The zero-order valence-electron chi connectivity index (χ0n) is 105. The number of hydrogen-bond donors (Lipinski definition) is 1. The van der Waals surface area contributed by atoms with Crippen molar-refractivity contribution >= 4 is 307 Å². The van der Waals surface area contributed by atoms with Crippen molar-refractivity contribution < 1.29 is 26.9 Å². The van der Waals surface area contributed by atoms with Gasteiger partial charge in [-0.05, 0) is 138 Å². The molecule has 0 aliphatic heterocycles. The van der Waals surface area contributed by atoms with E-state index in [-0.39, 0.29) is 32.8 Å². The normalized spacial score (nSPS) is 12.5. The van der Waals surface area contributed by atoms with Crippen LogP contribution in [0.25, 0.3) is 0 Å². The van der Waals surface area contributed by atoms with Gasteiger partial charge in [0.05, 0.1) is 40.1 Å². The summed E-state index contributed by atoms with van der Waals surface area (Å²) in [6.07, 6.45) is 2.27. The first-order chi connectivity index (χ1) is 66.0. The highest BCUT2D eigenvalue weighted by Gasteiger charge is 2.58. The van der Waals surface area contributed by atoms with Crippen molar-refractivity contribution in [2.24, 2.45) is 0 Å². The number of ether oxygens (including phenoxy) is 2. The zero-order chi connectivity index (χ0) is 119. The van der Waals surface area contributed by atoms with Crippen LogP contribution in [0.3, 0.4) is 0 Å². The average molecular weight is 2680 g/mol. The van der Waals surface area contributed by atoms with Crippen LogP contribution < -0.4 is 30.7 Å². The van der Waals surface area contributed by atoms with E-state index in [4.69, 9.17) is 71.2 Å². The summed E-state index contributed by atoms with van der Waals surface area (Å²) in [6, 6.07) is 52.0. The van der Waals surface area contributed by atoms with Gasteiger partial charge < -0.3 is 31.5 Å². The third-order valence-electron chi connectivity index (χ3n) is 25.4. The molecule has 1 N–H and O–H groups in total. The van der Waals surface area contributed by atoms with Crippen molar-refractivity contribution in [2.45, 2.75) is 346 Å². The van der Waals surface area contributed by atoms with Crippen LogP contribution in [0.15, 0.2) is 291 Å². The first-order valence-corrected chi connectivity index (χ1v) is 147. The van der Waals surface area contributed by atoms with Crippen molar-refractivity contribution in [3.63, 3.8) is 0 Å². The number of halogens is 6. The Morgan fingerprint density at radius 3 is 0.824 bits per heavy atom. The lowest BCUT2D eigenvalue weighted by molar-refractivity contribution is 0.149. The largest absolute Gasteiger partial charge is 0.545 e. The number of nitrogens with one attached hydrogen (secondary N) is 1. The molecule has 1 aromatic heterocycles. The van der Waals surface area contributed by atoms with E-state index >= 15 is 0 Å². The standard InChI is InChI=1S/C24H22Si2.C10H30Si4.C9H13NSi.C8H19NSi2.C8H16O2Si.C8H18OSi2.C8H28Si5.C7H14OSi.C7H22Si3.C6H13BrSi.C6H14O2Si.C5H11BrSi.C2H6Cl4Si2/c1-5-13-21(14-6-1)25(22-15-7-2-8-16-22)26(23-17-9-3-10-18-23)24-19-11-4-12-20-24;1-11(2,3)14(10,12(4,5)6)13(7,8)9;1-4-11(2,3)9-7-5-6-8-10-9;1-7-10(3,4)9-11(5,6)8-2;1-8(6-7-9-2)10-11(3,4)5;1-7-10(3,4)9-11(5,6)8-2;1-9-8-13(10(2)3,11(4)5)12(6)7;1-6-7(2)8-9(3,4)5;1-8(9(2,3)4)10(5,6)7;1-6(7)5-8(2,3)4;1-6(7-2)8-9(3,4)5;1-5(6)7(2,3)4;1-7(3,4)8(2,5)6/h1-20,25-26H;1-10H3;4-8H,1H2,2-3H3;7-9H,1-2H2,3-6H3;6-7H,1H2,2-5H3;7-8H,1-2H2,3-6H3;10-12H,8-9H2,1-7H3;6H,1-2H2,3-5H3;8H,1-7H3;1,5H2,2-4H3;1H2,2-5H3;1H2,2-4H3;1-2H3. The van der Waals surface area contributed by atoms with Gasteiger partial charge in [0.15, 0.2) is 16.6 Å². The molecule has 0 saturated heterocycles. The molecule has 4 aromatic carbocycles. The fourth-order valence-electron chi connectivity index (χ4n) is 16.3. The molecule has 0 aliphatic carbocycles. The Hall–Kier alpha value is -0.411. The Balaban J connectivity index is -0.000000244. The number of rotatable bonds is 39. The van der Waals surface area contributed by atoms with Crippen LogP contribution in [0.5, 0.6) is 0 Å². The van der Waals surface area contributed by atoms with E-state index in [0.29, 0.717) is 27.0 Å². The maximum Gasteiger partial charge on any atom is 0.270 e. The van der Waals surface area contributed by atoms with Crippen LogP contribution in [0.2, 0.25) is 346 Å². The molecule has 0 amide bonds. The van der Waals surface area contributed by atoms with Crippen LogP contribution in [0.4, 0.5) is 0 Å². The highest BCUT2D eigenvalue weighted by molar-refractivity contribution is 9.12. The summed E-state index contributed by atoms with van der Waals surface area (Å²) < 4.78 is 37.7. The molecule has 0 saturated carbocycles. The molecule has 850 valence electrons. The number of aromatic nitrogens is 1. The van der Waals surface area contributed by atoms with Crippen LogP contribution in [-0.2, 0) is 26.9 Å². The lowest BCUT2D eigenvalue weighted by atomic mass is 10.4. The minimum atomic E-state index is -2.24. The Labute approximate surface area is 983 Å². The zero-order valence-corrected chi connectivity index (χ0v) is 139. The lowest BCUT2D eigenvalue weighted by Gasteiger charge is -2.55. The molecule has 1 heterocycles. The van der Waals surface area contributed by atoms with E-state index < -0.39 is 163 Å². The van der Waals surface area contributed by atoms with Crippen molar-refractivity contribution in [2.75, 3.05) is 14.2 Å². The van der Waals surface area contributed by atoms with Crippen LogP contribution >= 0.6 is 76.2 Å². The second-order valence-electron chi connectivity index (χ2n) is 52.7. The monoisotopic (exact) mass is 2670 g/mol. The summed E-state index contributed by atoms with van der Waals surface area (Å²) in [5.41, 5.74) is 12.0. The van der Waals surface area contributed by atoms with Crippen molar-refractivity contribution in [3.05, 3.63) is 291 Å². The number of nitrogens with zero attached hydrogens (tertiary/aromatic N) is 1. The smallest absolute Gasteiger partial charge is 0.270 e. The third kappa shape index (κ3) is 78.8. The first kappa shape index (κ1) is 163. The van der Waals surface area contributed by atoms with E-state index in [1.807, 2.05) is 35.4 Å². The van der Waals surface area contributed by atoms with E-state index in [2.05, 4.69) is 579 Å². The Morgan fingerprint density at radius 2 is 0.682 bits per heavy atom. The summed E-state index contributed by atoms with van der Waals surface area (Å²) >= 11 is 29.6. The third-order valence-corrected chi connectivity index (χ3v) is 274. The average Bonchev–Trinajstić information content (AvgIpc) is 0.728. The highest BCUT2D eigenvalue weighted by Crippen LogP contribution is 2.37. The maximum absolute atomic E-state index is 5.97. The molecule has 5 rings (SSSR count). The van der Waals surface area contributed by atoms with Gasteiger partial charge in [0.1, 0.15) is 41.2 Å². The molecule has 0 fully saturated rings. The van der Waals surface area contributed by atoms with Gasteiger partial charge in [0.2, 0.25) is 25.0 Å². The predicted molar refractivity (Wildman–Crippen MR) is 776 cm³/mol. The Morgan fingerprint density at radius 1 is 0.399 bits per heavy atom. The van der Waals surface area contributed by atoms with Gasteiger partial charge in [-0.3, -0.25) is 4.98 Å². The van der Waals surface area contributed by atoms with Gasteiger partial charge in [0.25, 0.3) is 18.4 Å². The van der Waals surface area contributed by atoms with E-state index in [0.717, 1.165) is 4.48 Å². The van der Waals surface area contributed by atoms with Gasteiger partial charge in [-0.2, -0.15) is 0 Å². The summed E-state index contributed by atoms with van der Waals surface area (Å²) in [5, 5.41) is 7.38. The van der Waals surface area contributed by atoms with Crippen LogP contribution in [0.1, 0.15) is 0 Å². The minimum absolute atomic E-state index is 0.258.